The van der Waals surface area contributed by atoms with Gasteiger partial charge in [-0.3, -0.25) is 0 Å². The van der Waals surface area contributed by atoms with Crippen LogP contribution in [0.15, 0.2) is 0 Å². The molecule has 19 heteroatoms. The summed E-state index contributed by atoms with van der Waals surface area (Å²) in [4.78, 5) is 0. The number of quaternary nitrogens is 3. The number of thiocyanates is 4. The van der Waals surface area contributed by atoms with Gasteiger partial charge in [0.15, 0.2) is 21.6 Å². The second-order valence-corrected chi connectivity index (χ2v) is 13.4. The first-order chi connectivity index (χ1) is 14.4. The fraction of sp³-hybridized carbons (Fsp3) is 0.714. The van der Waals surface area contributed by atoms with Gasteiger partial charge in [0.05, 0.1) is 55.5 Å². The Bertz CT molecular complexity index is 670. The molecule has 0 aromatic carbocycles. The van der Waals surface area contributed by atoms with Gasteiger partial charge >= 0.3 is 29.5 Å². The normalized spacial score (nSPS) is 10.4. The number of likely N-dealkylation sites (N-methyl/N-ethyl adjacent to an activating group) is 2. The third-order valence-corrected chi connectivity index (χ3v) is 6.06. The molecule has 0 rings (SSSR count). The van der Waals surface area contributed by atoms with Gasteiger partial charge in [-0.25, -0.2) is 0 Å². The van der Waals surface area contributed by atoms with Crippen molar-refractivity contribution in [2.24, 2.45) is 0 Å². The molecule has 0 heterocycles. The molecule has 0 aromatic heterocycles. The van der Waals surface area contributed by atoms with Crippen molar-refractivity contribution < 1.29 is 50.8 Å². The zero-order chi connectivity index (χ0) is 26.5. The van der Waals surface area contributed by atoms with Crippen LogP contribution >= 0.6 is 47.8 Å². The van der Waals surface area contributed by atoms with Gasteiger partial charge in [0.1, 0.15) is 13.1 Å². The molecule has 14 nitrogen and oxygen atoms in total. The molecule has 0 aliphatic carbocycles. The van der Waals surface area contributed by atoms with E-state index in [0.717, 1.165) is 22.1 Å². The number of rotatable bonds is 8. The molecule has 0 fully saturated rings. The predicted molar refractivity (Wildman–Crippen MR) is 119 cm³/mol. The molecule has 33 heavy (non-hydrogen) atoms. The number of nitriles is 4. The Kier molecular flexibility index (Phi) is 29.4. The van der Waals surface area contributed by atoms with Gasteiger partial charge in [0.25, 0.3) is 0 Å². The molecule has 0 saturated heterocycles. The van der Waals surface area contributed by atoms with Crippen LogP contribution in [0.5, 0.6) is 0 Å². The van der Waals surface area contributed by atoms with E-state index < -0.39 is 15.7 Å². The van der Waals surface area contributed by atoms with Crippen LogP contribution in [0.25, 0.3) is 0 Å². The van der Waals surface area contributed by atoms with Crippen LogP contribution < -0.4 is 14.5 Å². The number of hydrogen-bond donors (Lipinski definition) is 3. The van der Waals surface area contributed by atoms with E-state index in [1.54, 1.807) is 21.6 Å². The molecule has 0 saturated carbocycles. The van der Waals surface area contributed by atoms with Crippen molar-refractivity contribution in [3.63, 3.8) is 0 Å². The van der Waals surface area contributed by atoms with E-state index >= 15 is 0 Å². The van der Waals surface area contributed by atoms with Crippen molar-refractivity contribution in [1.82, 2.24) is 6.15 Å². The molecular formula is C14H31CrN8O6S4+. The van der Waals surface area contributed by atoms with Crippen molar-refractivity contribution in [3.8, 4) is 21.6 Å². The summed E-state index contributed by atoms with van der Waals surface area (Å²) in [5.74, 6) is 0. The van der Waals surface area contributed by atoms with Gasteiger partial charge in [-0.05, 0) is 2.10 Å². The molecular weight excluding hydrogens is 556 g/mol. The van der Waals surface area contributed by atoms with Gasteiger partial charge in [0, 0.05) is 0 Å². The molecule has 0 aromatic rings. The summed E-state index contributed by atoms with van der Waals surface area (Å²) in [6.07, 6.45) is 0. The van der Waals surface area contributed by atoms with Crippen molar-refractivity contribution in [2.45, 2.75) is 0 Å². The molecule has 0 aliphatic rings. The predicted octanol–water partition coefficient (Wildman–Crippen LogP) is -0.766. The second-order valence-electron chi connectivity index (χ2n) is 7.06. The average Bonchev–Trinajstić information content (AvgIpc) is 2.53. The van der Waals surface area contributed by atoms with E-state index in [1.165, 1.54) is 0 Å². The summed E-state index contributed by atoms with van der Waals surface area (Å²) in [6, 6.07) is 0. The monoisotopic (exact) mass is 587 g/mol. The maximum absolute atomic E-state index is 8.59. The van der Waals surface area contributed by atoms with E-state index in [9.17, 15) is 0 Å². The molecule has 192 valence electrons. The van der Waals surface area contributed by atoms with Crippen LogP contribution in [0.3, 0.4) is 0 Å². The fourth-order valence-electron chi connectivity index (χ4n) is 0.912. The van der Waals surface area contributed by atoms with Gasteiger partial charge in [-0.15, -0.1) is 0 Å². The maximum atomic E-state index is 8.59. The first-order valence-electron chi connectivity index (χ1n) is 8.06. The summed E-state index contributed by atoms with van der Waals surface area (Å²) in [5, 5.41) is 57.4. The Morgan fingerprint density at radius 3 is 0.939 bits per heavy atom. The van der Waals surface area contributed by atoms with Gasteiger partial charge in [0.2, 0.25) is 47.8 Å². The summed E-state index contributed by atoms with van der Waals surface area (Å²) >= 11 is -3.10. The summed E-state index contributed by atoms with van der Waals surface area (Å²) < 4.78 is 35.7. The van der Waals surface area contributed by atoms with Crippen molar-refractivity contribution in [1.29, 1.82) is 21.0 Å². The van der Waals surface area contributed by atoms with Gasteiger partial charge < -0.3 is 25.3 Å². The second kappa shape index (κ2) is 22.9. The first kappa shape index (κ1) is 42.3. The van der Waals surface area contributed by atoms with Crippen molar-refractivity contribution in [2.75, 3.05) is 68.6 Å². The third kappa shape index (κ3) is 49.4. The number of nitrogens with zero attached hydrogens (tertiary/aromatic N) is 7. The Hall–Kier alpha value is -0.828. The molecule has 5 N–H and O–H groups in total. The minimum atomic E-state index is -5.75. The van der Waals surface area contributed by atoms with Crippen LogP contribution in [-0.2, 0) is 21.2 Å². The van der Waals surface area contributed by atoms with E-state index in [4.69, 9.17) is 47.2 Å². The standard InChI is InChI=1S/2C5H14NO.C4N5S4.Cr.H3N.4O/c2*1-6(2,3)4-5-7;5-1-10-9(11-2-6,12-3-7)13-4-8;;;;;;/h2*7H,4-5H2,1-3H3;;;1H3;;;;/q3*+1;;;;;2*-1. The van der Waals surface area contributed by atoms with Crippen LogP contribution in [0.2, 0.25) is 0 Å². The molecule has 0 bridgehead atoms. The molecule has 0 amide bonds. The zero-order valence-corrected chi connectivity index (χ0v) is 23.8. The Labute approximate surface area is 215 Å². The van der Waals surface area contributed by atoms with Crippen LogP contribution in [-0.4, -0.2) is 89.9 Å². The number of aliphatic hydroxyl groups excluding tert-OH is 2. The van der Waals surface area contributed by atoms with Crippen molar-refractivity contribution in [3.05, 3.63) is 0 Å². The Balaban J connectivity index is -0.000000112. The molecule has 0 aliphatic heterocycles. The quantitative estimate of drug-likeness (QED) is 0.179. The van der Waals surface area contributed by atoms with E-state index in [1.807, 2.05) is 0 Å². The van der Waals surface area contributed by atoms with E-state index in [0.29, 0.717) is 47.8 Å². The number of aliphatic hydroxyl groups is 2. The molecule has 0 spiro atoms. The minimum absolute atomic E-state index is 0. The fourth-order valence-corrected chi connectivity index (χ4v) is 3.41. The third-order valence-electron chi connectivity index (χ3n) is 2.15. The van der Waals surface area contributed by atoms with E-state index in [2.05, 4.69) is 42.3 Å². The SMILES string of the molecule is C[N+](C)(C)CCO.C[N+](C)(C)CCO.N.N#CS[N+](SC#N)(SC#N)SC#N.[O]=[Cr](=[O])([O-])[O-]. The van der Waals surface area contributed by atoms with Crippen molar-refractivity contribution >= 4 is 47.8 Å². The van der Waals surface area contributed by atoms with Gasteiger partial charge in [-0.1, -0.05) is 0 Å². The average molecular weight is 588 g/mol. The topological polar surface area (TPSA) is 251 Å². The van der Waals surface area contributed by atoms with E-state index in [-0.39, 0.29) is 19.4 Å². The first-order valence-corrected chi connectivity index (χ1v) is 13.2. The summed E-state index contributed by atoms with van der Waals surface area (Å²) in [5.41, 5.74) is 0. The van der Waals surface area contributed by atoms with Gasteiger partial charge in [-0.2, -0.15) is 21.0 Å². The van der Waals surface area contributed by atoms with Crippen LogP contribution in [0.1, 0.15) is 0 Å². The summed E-state index contributed by atoms with van der Waals surface area (Å²) in [7, 11) is 12.3. The summed E-state index contributed by atoms with van der Waals surface area (Å²) in [6.45, 7) is 2.23. The molecule has 0 radical (unpaired) electrons. The number of hydrogen-bond acceptors (Lipinski definition) is 15. The molecule has 0 atom stereocenters. The Morgan fingerprint density at radius 1 is 0.697 bits per heavy atom. The van der Waals surface area contributed by atoms with Crippen LogP contribution in [0.4, 0.5) is 0 Å². The Morgan fingerprint density at radius 2 is 0.879 bits per heavy atom. The van der Waals surface area contributed by atoms with Crippen LogP contribution in [0, 0.1) is 42.7 Å². The zero-order valence-electron chi connectivity index (χ0n) is 19.2. The molecule has 0 unspecified atom stereocenters.